The van der Waals surface area contributed by atoms with Crippen LogP contribution in [0.2, 0.25) is 5.02 Å². The summed E-state index contributed by atoms with van der Waals surface area (Å²) in [6.45, 7) is 3.88. The molecule has 0 spiro atoms. The number of nitrogens with two attached hydrogens (primary N) is 1. The molecule has 2 rings (SSSR count). The normalized spacial score (nSPS) is 11.0. The van der Waals surface area contributed by atoms with Gasteiger partial charge >= 0.3 is 0 Å². The molecule has 0 atom stereocenters. The maximum Gasteiger partial charge on any atom is 0.256 e. The summed E-state index contributed by atoms with van der Waals surface area (Å²) in [6.07, 6.45) is 0. The molecular formula is C14H14ClFN2O. The molecular weight excluding hydrogens is 267 g/mol. The molecule has 0 saturated heterocycles. The summed E-state index contributed by atoms with van der Waals surface area (Å²) in [6, 6.07) is 5.73. The van der Waals surface area contributed by atoms with Crippen LogP contribution in [0.15, 0.2) is 29.1 Å². The van der Waals surface area contributed by atoms with Crippen LogP contribution in [0, 0.1) is 5.82 Å². The highest BCUT2D eigenvalue weighted by molar-refractivity contribution is 6.31. The Labute approximate surface area is 115 Å². The smallest absolute Gasteiger partial charge is 0.256 e. The summed E-state index contributed by atoms with van der Waals surface area (Å²) in [4.78, 5) is 14.8. The molecule has 2 aromatic rings. The molecule has 19 heavy (non-hydrogen) atoms. The van der Waals surface area contributed by atoms with E-state index in [2.05, 4.69) is 4.98 Å². The lowest BCUT2D eigenvalue weighted by molar-refractivity contribution is 0.628. The maximum atomic E-state index is 13.1. The summed E-state index contributed by atoms with van der Waals surface area (Å²) in [5.41, 5.74) is 7.77. The van der Waals surface area contributed by atoms with E-state index in [-0.39, 0.29) is 16.5 Å². The highest BCUT2D eigenvalue weighted by Gasteiger charge is 2.12. The van der Waals surface area contributed by atoms with E-state index in [4.69, 9.17) is 17.3 Å². The van der Waals surface area contributed by atoms with E-state index in [1.54, 1.807) is 6.07 Å². The lowest BCUT2D eigenvalue weighted by atomic mass is 10.0. The third-order valence-electron chi connectivity index (χ3n) is 2.91. The van der Waals surface area contributed by atoms with Crippen molar-refractivity contribution >= 4 is 17.3 Å². The lowest BCUT2D eigenvalue weighted by Crippen LogP contribution is -2.14. The number of nitrogen functional groups attached to an aromatic ring is 1. The first-order valence-electron chi connectivity index (χ1n) is 5.88. The molecule has 3 N–H and O–H groups in total. The Morgan fingerprint density at radius 3 is 2.58 bits per heavy atom. The van der Waals surface area contributed by atoms with Gasteiger partial charge in [0.2, 0.25) is 0 Å². The van der Waals surface area contributed by atoms with Crippen LogP contribution in [0.1, 0.15) is 25.5 Å². The van der Waals surface area contributed by atoms with Gasteiger partial charge in [-0.1, -0.05) is 31.5 Å². The topological polar surface area (TPSA) is 58.9 Å². The second-order valence-electron chi connectivity index (χ2n) is 4.66. The molecule has 1 aromatic carbocycles. The van der Waals surface area contributed by atoms with Gasteiger partial charge in [0.05, 0.1) is 10.7 Å². The molecule has 0 saturated carbocycles. The van der Waals surface area contributed by atoms with Gasteiger partial charge in [0, 0.05) is 11.3 Å². The Morgan fingerprint density at radius 1 is 1.32 bits per heavy atom. The number of rotatable bonds is 2. The quantitative estimate of drug-likeness (QED) is 0.884. The van der Waals surface area contributed by atoms with Gasteiger partial charge in [0.15, 0.2) is 0 Å². The Morgan fingerprint density at radius 2 is 2.00 bits per heavy atom. The van der Waals surface area contributed by atoms with Gasteiger partial charge in [-0.2, -0.15) is 0 Å². The number of aromatic amines is 1. The van der Waals surface area contributed by atoms with Crippen molar-refractivity contribution in [3.8, 4) is 11.1 Å². The molecule has 0 aliphatic carbocycles. The fraction of sp³-hybridized carbons (Fsp3) is 0.214. The number of pyridine rings is 1. The predicted octanol–water partition coefficient (Wildman–Crippen LogP) is 3.54. The number of hydrogen-bond acceptors (Lipinski definition) is 2. The van der Waals surface area contributed by atoms with Crippen LogP contribution in [-0.4, -0.2) is 4.98 Å². The molecule has 0 aliphatic rings. The fourth-order valence-corrected chi connectivity index (χ4v) is 2.10. The molecule has 0 aliphatic heterocycles. The van der Waals surface area contributed by atoms with Gasteiger partial charge in [0.25, 0.3) is 5.56 Å². The summed E-state index contributed by atoms with van der Waals surface area (Å²) in [7, 11) is 0. The average molecular weight is 281 g/mol. The van der Waals surface area contributed by atoms with Gasteiger partial charge < -0.3 is 10.7 Å². The molecule has 100 valence electrons. The Bertz CT molecular complexity index is 680. The number of aromatic nitrogens is 1. The van der Waals surface area contributed by atoms with Gasteiger partial charge in [-0.05, 0) is 29.7 Å². The van der Waals surface area contributed by atoms with Gasteiger partial charge in [0.1, 0.15) is 5.82 Å². The van der Waals surface area contributed by atoms with Crippen molar-refractivity contribution in [1.82, 2.24) is 4.98 Å². The third kappa shape index (κ3) is 2.63. The fourth-order valence-electron chi connectivity index (χ4n) is 1.92. The SMILES string of the molecule is CC(C)c1[nH]c(=O)c(-c2ccc(F)c(Cl)c2)cc1N. The zero-order chi connectivity index (χ0) is 14.2. The second-order valence-corrected chi connectivity index (χ2v) is 5.07. The van der Waals surface area contributed by atoms with Crippen LogP contribution in [0.5, 0.6) is 0 Å². The molecule has 3 nitrogen and oxygen atoms in total. The molecule has 1 heterocycles. The molecule has 1 aromatic heterocycles. The second kappa shape index (κ2) is 5.05. The first kappa shape index (κ1) is 13.6. The minimum Gasteiger partial charge on any atom is -0.397 e. The summed E-state index contributed by atoms with van der Waals surface area (Å²) >= 11 is 5.72. The van der Waals surface area contributed by atoms with Crippen LogP contribution in [0.3, 0.4) is 0 Å². The minimum atomic E-state index is -0.520. The van der Waals surface area contributed by atoms with Gasteiger partial charge in [-0.25, -0.2) is 4.39 Å². The number of halogens is 2. The number of nitrogens with one attached hydrogen (secondary N) is 1. The zero-order valence-corrected chi connectivity index (χ0v) is 11.4. The van der Waals surface area contributed by atoms with Crippen molar-refractivity contribution < 1.29 is 4.39 Å². The molecule has 0 amide bonds. The molecule has 5 heteroatoms. The standard InChI is InChI=1S/C14H14ClFN2O/c1-7(2)13-12(17)6-9(14(19)18-13)8-3-4-11(16)10(15)5-8/h3-7H,17H2,1-2H3,(H,18,19). The largest absolute Gasteiger partial charge is 0.397 e. The van der Waals surface area contributed by atoms with E-state index < -0.39 is 5.82 Å². The van der Waals surface area contributed by atoms with E-state index in [1.807, 2.05) is 13.8 Å². The summed E-state index contributed by atoms with van der Waals surface area (Å²) in [5, 5.41) is -0.0246. The molecule has 0 fully saturated rings. The van der Waals surface area contributed by atoms with Crippen LogP contribution in [0.4, 0.5) is 10.1 Å². The first-order chi connectivity index (χ1) is 8.90. The van der Waals surface area contributed by atoms with Crippen LogP contribution in [0.25, 0.3) is 11.1 Å². The summed E-state index contributed by atoms with van der Waals surface area (Å²) in [5.74, 6) is -0.396. The number of anilines is 1. The van der Waals surface area contributed by atoms with E-state index in [0.717, 1.165) is 0 Å². The maximum absolute atomic E-state index is 13.1. The van der Waals surface area contributed by atoms with Gasteiger partial charge in [-0.15, -0.1) is 0 Å². The van der Waals surface area contributed by atoms with Crippen molar-refractivity contribution in [2.75, 3.05) is 5.73 Å². The Hall–Kier alpha value is -1.81. The van der Waals surface area contributed by atoms with E-state index in [0.29, 0.717) is 22.5 Å². The lowest BCUT2D eigenvalue weighted by Gasteiger charge is -2.11. The summed E-state index contributed by atoms with van der Waals surface area (Å²) < 4.78 is 13.1. The van der Waals surface area contributed by atoms with Crippen molar-refractivity contribution in [3.63, 3.8) is 0 Å². The Kier molecular flexibility index (Phi) is 3.62. The van der Waals surface area contributed by atoms with E-state index >= 15 is 0 Å². The zero-order valence-electron chi connectivity index (χ0n) is 10.6. The van der Waals surface area contributed by atoms with Crippen molar-refractivity contribution in [2.45, 2.75) is 19.8 Å². The number of benzene rings is 1. The van der Waals surface area contributed by atoms with E-state index in [9.17, 15) is 9.18 Å². The van der Waals surface area contributed by atoms with Crippen molar-refractivity contribution in [3.05, 3.63) is 51.2 Å². The number of H-pyrrole nitrogens is 1. The van der Waals surface area contributed by atoms with Crippen molar-refractivity contribution in [2.24, 2.45) is 0 Å². The van der Waals surface area contributed by atoms with Gasteiger partial charge in [-0.3, -0.25) is 4.79 Å². The minimum absolute atomic E-state index is 0.0246. The molecule has 0 unspecified atom stereocenters. The average Bonchev–Trinajstić information content (AvgIpc) is 2.35. The van der Waals surface area contributed by atoms with Crippen LogP contribution in [-0.2, 0) is 0 Å². The highest BCUT2D eigenvalue weighted by atomic mass is 35.5. The monoisotopic (exact) mass is 280 g/mol. The van der Waals surface area contributed by atoms with Crippen LogP contribution < -0.4 is 11.3 Å². The van der Waals surface area contributed by atoms with Crippen molar-refractivity contribution in [1.29, 1.82) is 0 Å². The van der Waals surface area contributed by atoms with E-state index in [1.165, 1.54) is 18.2 Å². The Balaban J connectivity index is 2.60. The van der Waals surface area contributed by atoms with Crippen LogP contribution >= 0.6 is 11.6 Å². The third-order valence-corrected chi connectivity index (χ3v) is 3.20. The molecule has 0 bridgehead atoms. The number of hydrogen-bond donors (Lipinski definition) is 2. The molecule has 0 radical (unpaired) electrons. The highest BCUT2D eigenvalue weighted by Crippen LogP contribution is 2.26. The first-order valence-corrected chi connectivity index (χ1v) is 6.26. The predicted molar refractivity (Wildman–Crippen MR) is 76.0 cm³/mol.